The number of carbonyl (C=O) groups is 3. The van der Waals surface area contributed by atoms with Gasteiger partial charge in [0.05, 0.1) is 4.90 Å². The molecule has 1 N–H and O–H groups in total. The predicted molar refractivity (Wildman–Crippen MR) is 169 cm³/mol. The number of sulfonamides is 1. The van der Waals surface area contributed by atoms with Crippen LogP contribution in [0.4, 0.5) is 0 Å². The molecule has 3 aromatic carbocycles. The van der Waals surface area contributed by atoms with Gasteiger partial charge >= 0.3 is 0 Å². The lowest BCUT2D eigenvalue weighted by Gasteiger charge is -2.26. The molecule has 42 heavy (non-hydrogen) atoms. The number of nitrogens with one attached hydrogen (secondary N) is 1. The number of amides is 3. The molecule has 0 radical (unpaired) electrons. The molecule has 0 spiro atoms. The second-order valence-corrected chi connectivity index (χ2v) is 12.4. The standard InChI is InChI=1S/C31H36ClN3O5S2/c1-3-7-30(37)34(17-16-31(38)35(18-19-41)22-25-8-6-9-27(32)20-25)21-24-12-14-26(15-13-24)28-10-4-5-11-29(28)42(39,40)33-23(2)36/h4-6,8-15,20,41H,3,7,16-19,21-22H2,1-2H3,(H,33,36). The van der Waals surface area contributed by atoms with Crippen molar-refractivity contribution < 1.29 is 22.8 Å². The number of hydrogen-bond acceptors (Lipinski definition) is 6. The minimum atomic E-state index is -4.03. The minimum absolute atomic E-state index is 0.00486. The smallest absolute Gasteiger partial charge is 0.264 e. The summed E-state index contributed by atoms with van der Waals surface area (Å²) in [5.74, 6) is -0.289. The second kappa shape index (κ2) is 15.8. The van der Waals surface area contributed by atoms with Gasteiger partial charge < -0.3 is 9.80 Å². The molecule has 0 bridgehead atoms. The Morgan fingerprint density at radius 1 is 0.833 bits per heavy atom. The predicted octanol–water partition coefficient (Wildman–Crippen LogP) is 5.31. The Morgan fingerprint density at radius 3 is 2.12 bits per heavy atom. The summed E-state index contributed by atoms with van der Waals surface area (Å²) in [5, 5.41) is 0.603. The zero-order chi connectivity index (χ0) is 30.7. The SMILES string of the molecule is CCCC(=O)N(CCC(=O)N(CCS)Cc1cccc(Cl)c1)Cc1ccc(-c2ccccc2S(=O)(=O)NC(C)=O)cc1. The number of rotatable bonds is 14. The van der Waals surface area contributed by atoms with Crippen molar-refractivity contribution in [3.05, 3.63) is 88.9 Å². The fourth-order valence-corrected chi connectivity index (χ4v) is 6.19. The van der Waals surface area contributed by atoms with E-state index in [1.54, 1.807) is 46.2 Å². The van der Waals surface area contributed by atoms with E-state index in [0.29, 0.717) is 54.4 Å². The Balaban J connectivity index is 1.75. The van der Waals surface area contributed by atoms with Gasteiger partial charge in [0.25, 0.3) is 10.0 Å². The van der Waals surface area contributed by atoms with E-state index in [1.807, 2.05) is 42.0 Å². The first-order valence-corrected chi connectivity index (χ1v) is 16.2. The Labute approximate surface area is 258 Å². The summed E-state index contributed by atoms with van der Waals surface area (Å²) in [6, 6.07) is 21.0. The van der Waals surface area contributed by atoms with Gasteiger partial charge in [0, 0.05) is 62.3 Å². The highest BCUT2D eigenvalue weighted by Crippen LogP contribution is 2.28. The highest BCUT2D eigenvalue weighted by atomic mass is 35.5. The molecule has 11 heteroatoms. The van der Waals surface area contributed by atoms with Gasteiger partial charge in [-0.25, -0.2) is 13.1 Å². The molecule has 0 heterocycles. The first-order valence-electron chi connectivity index (χ1n) is 13.7. The Morgan fingerprint density at radius 2 is 1.48 bits per heavy atom. The van der Waals surface area contributed by atoms with Gasteiger partial charge in [-0.15, -0.1) is 0 Å². The molecule has 3 aromatic rings. The summed E-state index contributed by atoms with van der Waals surface area (Å²) >= 11 is 10.4. The lowest BCUT2D eigenvalue weighted by molar-refractivity contribution is -0.135. The van der Waals surface area contributed by atoms with Gasteiger partial charge in [0.2, 0.25) is 17.7 Å². The molecule has 8 nitrogen and oxygen atoms in total. The maximum absolute atomic E-state index is 13.2. The minimum Gasteiger partial charge on any atom is -0.338 e. The van der Waals surface area contributed by atoms with Crippen LogP contribution in [0.3, 0.4) is 0 Å². The molecule has 0 saturated heterocycles. The highest BCUT2D eigenvalue weighted by molar-refractivity contribution is 7.90. The molecule has 224 valence electrons. The van der Waals surface area contributed by atoms with Crippen LogP contribution in [0.25, 0.3) is 11.1 Å². The largest absolute Gasteiger partial charge is 0.338 e. The first kappa shape index (κ1) is 33.2. The van der Waals surface area contributed by atoms with E-state index in [1.165, 1.54) is 6.07 Å². The van der Waals surface area contributed by atoms with Crippen molar-refractivity contribution in [2.24, 2.45) is 0 Å². The third-order valence-corrected chi connectivity index (χ3v) is 8.42. The monoisotopic (exact) mass is 629 g/mol. The quantitative estimate of drug-likeness (QED) is 0.235. The van der Waals surface area contributed by atoms with Crippen LogP contribution in [-0.4, -0.2) is 54.8 Å². The number of nitrogens with zero attached hydrogens (tertiary/aromatic N) is 2. The number of thiol groups is 1. The van der Waals surface area contributed by atoms with Crippen LogP contribution < -0.4 is 4.72 Å². The Hall–Kier alpha value is -3.34. The van der Waals surface area contributed by atoms with Crippen molar-refractivity contribution in [2.75, 3.05) is 18.8 Å². The zero-order valence-electron chi connectivity index (χ0n) is 23.8. The van der Waals surface area contributed by atoms with E-state index in [-0.39, 0.29) is 29.7 Å². The number of benzene rings is 3. The van der Waals surface area contributed by atoms with E-state index in [2.05, 4.69) is 12.6 Å². The summed E-state index contributed by atoms with van der Waals surface area (Å²) in [6.07, 6.45) is 1.21. The molecule has 0 aliphatic rings. The number of hydrogen-bond donors (Lipinski definition) is 2. The van der Waals surface area contributed by atoms with E-state index in [0.717, 1.165) is 18.1 Å². The summed E-state index contributed by atoms with van der Waals surface area (Å²) in [7, 11) is -4.03. The molecule has 0 fully saturated rings. The van der Waals surface area contributed by atoms with E-state index in [4.69, 9.17) is 11.6 Å². The molecule has 0 saturated carbocycles. The summed E-state index contributed by atoms with van der Waals surface area (Å²) in [5.41, 5.74) is 2.85. The maximum Gasteiger partial charge on any atom is 0.264 e. The van der Waals surface area contributed by atoms with Crippen molar-refractivity contribution in [3.8, 4) is 11.1 Å². The van der Waals surface area contributed by atoms with Crippen molar-refractivity contribution in [3.63, 3.8) is 0 Å². The van der Waals surface area contributed by atoms with Gasteiger partial charge in [0.15, 0.2) is 0 Å². The fourth-order valence-electron chi connectivity index (χ4n) is 4.51. The van der Waals surface area contributed by atoms with Gasteiger partial charge in [-0.05, 0) is 41.3 Å². The summed E-state index contributed by atoms with van der Waals surface area (Å²) in [6.45, 7) is 4.52. The van der Waals surface area contributed by atoms with Crippen LogP contribution in [0.15, 0.2) is 77.7 Å². The van der Waals surface area contributed by atoms with Gasteiger partial charge in [0.1, 0.15) is 0 Å². The third kappa shape index (κ3) is 9.61. The van der Waals surface area contributed by atoms with Crippen LogP contribution >= 0.6 is 24.2 Å². The van der Waals surface area contributed by atoms with Crippen molar-refractivity contribution in [1.29, 1.82) is 0 Å². The highest BCUT2D eigenvalue weighted by Gasteiger charge is 2.21. The van der Waals surface area contributed by atoms with Gasteiger partial charge in [-0.2, -0.15) is 12.6 Å². The lowest BCUT2D eigenvalue weighted by Crippen LogP contribution is -2.37. The molecule has 0 aliphatic carbocycles. The van der Waals surface area contributed by atoms with E-state index in [9.17, 15) is 22.8 Å². The van der Waals surface area contributed by atoms with Crippen LogP contribution in [0, 0.1) is 0 Å². The van der Waals surface area contributed by atoms with Crippen LogP contribution in [-0.2, 0) is 37.5 Å². The summed E-state index contributed by atoms with van der Waals surface area (Å²) in [4.78, 5) is 41.0. The maximum atomic E-state index is 13.2. The molecular formula is C31H36ClN3O5S2. The average Bonchev–Trinajstić information content (AvgIpc) is 2.94. The van der Waals surface area contributed by atoms with Gasteiger partial charge in [-0.1, -0.05) is 73.1 Å². The molecule has 0 aromatic heterocycles. The van der Waals surface area contributed by atoms with Crippen molar-refractivity contribution in [2.45, 2.75) is 51.1 Å². The van der Waals surface area contributed by atoms with E-state index < -0.39 is 15.9 Å². The average molecular weight is 630 g/mol. The zero-order valence-corrected chi connectivity index (χ0v) is 26.2. The van der Waals surface area contributed by atoms with Crippen LogP contribution in [0.2, 0.25) is 5.02 Å². The molecule has 3 rings (SSSR count). The molecular weight excluding hydrogens is 594 g/mol. The van der Waals surface area contributed by atoms with Crippen molar-refractivity contribution >= 4 is 52.0 Å². The second-order valence-electron chi connectivity index (χ2n) is 9.84. The molecule has 0 atom stereocenters. The number of halogens is 1. The third-order valence-electron chi connectivity index (χ3n) is 6.49. The molecule has 3 amide bonds. The Kier molecular flexibility index (Phi) is 12.4. The lowest BCUT2D eigenvalue weighted by atomic mass is 10.0. The normalized spacial score (nSPS) is 11.1. The Bertz CT molecular complexity index is 1500. The van der Waals surface area contributed by atoms with Crippen LogP contribution in [0.5, 0.6) is 0 Å². The van der Waals surface area contributed by atoms with Gasteiger partial charge in [-0.3, -0.25) is 14.4 Å². The van der Waals surface area contributed by atoms with Crippen LogP contribution in [0.1, 0.15) is 44.2 Å². The van der Waals surface area contributed by atoms with E-state index >= 15 is 0 Å². The molecule has 0 aliphatic heterocycles. The first-order chi connectivity index (χ1) is 20.0. The van der Waals surface area contributed by atoms with Crippen molar-refractivity contribution in [1.82, 2.24) is 14.5 Å². The molecule has 0 unspecified atom stereocenters. The topological polar surface area (TPSA) is 104 Å². The summed E-state index contributed by atoms with van der Waals surface area (Å²) < 4.78 is 27.4. The number of carbonyl (C=O) groups excluding carboxylic acids is 3. The fraction of sp³-hybridized carbons (Fsp3) is 0.323.